The average molecular weight is 354 g/mol. The van der Waals surface area contributed by atoms with Crippen molar-refractivity contribution in [1.29, 1.82) is 0 Å². The number of aryl methyl sites for hydroxylation is 1. The van der Waals surface area contributed by atoms with Crippen LogP contribution in [0.4, 0.5) is 11.4 Å². The molecule has 0 spiro atoms. The molecular formula is C16H18BrClN2. The van der Waals surface area contributed by atoms with Gasteiger partial charge >= 0.3 is 0 Å². The van der Waals surface area contributed by atoms with Crippen molar-refractivity contribution in [3.63, 3.8) is 0 Å². The number of nitrogens with zero attached hydrogens (tertiary/aromatic N) is 1. The molecule has 2 aromatic carbocycles. The second-order valence-electron chi connectivity index (χ2n) is 5.00. The number of halogens is 2. The van der Waals surface area contributed by atoms with Gasteiger partial charge in [-0.05, 0) is 42.3 Å². The molecule has 0 aliphatic rings. The molecule has 4 heteroatoms. The van der Waals surface area contributed by atoms with E-state index in [9.17, 15) is 0 Å². The molecule has 0 saturated carbocycles. The Balaban J connectivity index is 2.07. The van der Waals surface area contributed by atoms with Crippen LogP contribution >= 0.6 is 27.5 Å². The van der Waals surface area contributed by atoms with Crippen LogP contribution in [0.2, 0.25) is 5.02 Å². The van der Waals surface area contributed by atoms with Crippen molar-refractivity contribution in [2.45, 2.75) is 13.5 Å². The molecular weight excluding hydrogens is 336 g/mol. The van der Waals surface area contributed by atoms with Crippen LogP contribution in [0, 0.1) is 6.92 Å². The summed E-state index contributed by atoms with van der Waals surface area (Å²) in [6.45, 7) is 2.88. The van der Waals surface area contributed by atoms with E-state index < -0.39 is 0 Å². The van der Waals surface area contributed by atoms with Gasteiger partial charge in [-0.3, -0.25) is 0 Å². The van der Waals surface area contributed by atoms with Crippen LogP contribution in [0.25, 0.3) is 0 Å². The lowest BCUT2D eigenvalue weighted by Gasteiger charge is -2.16. The average Bonchev–Trinajstić information content (AvgIpc) is 2.40. The van der Waals surface area contributed by atoms with Crippen molar-refractivity contribution in [2.75, 3.05) is 24.3 Å². The molecule has 0 amide bonds. The topological polar surface area (TPSA) is 15.3 Å². The van der Waals surface area contributed by atoms with E-state index in [1.54, 1.807) is 0 Å². The van der Waals surface area contributed by atoms with Gasteiger partial charge in [-0.2, -0.15) is 0 Å². The summed E-state index contributed by atoms with van der Waals surface area (Å²) in [5.74, 6) is 0. The third kappa shape index (κ3) is 3.68. The first-order valence-electron chi connectivity index (χ1n) is 6.43. The fourth-order valence-corrected chi connectivity index (χ4v) is 2.60. The van der Waals surface area contributed by atoms with E-state index in [-0.39, 0.29) is 0 Å². The first-order chi connectivity index (χ1) is 9.47. The van der Waals surface area contributed by atoms with Crippen molar-refractivity contribution in [1.82, 2.24) is 0 Å². The third-order valence-electron chi connectivity index (χ3n) is 3.15. The molecule has 0 unspecified atom stereocenters. The summed E-state index contributed by atoms with van der Waals surface area (Å²) in [5, 5.41) is 4.15. The van der Waals surface area contributed by atoms with Crippen molar-refractivity contribution >= 4 is 38.9 Å². The van der Waals surface area contributed by atoms with E-state index in [0.717, 1.165) is 27.4 Å². The van der Waals surface area contributed by atoms with Gasteiger partial charge in [0.2, 0.25) is 0 Å². The predicted molar refractivity (Wildman–Crippen MR) is 92.0 cm³/mol. The number of nitrogens with one attached hydrogen (secondary N) is 1. The zero-order chi connectivity index (χ0) is 14.7. The van der Waals surface area contributed by atoms with Crippen LogP contribution < -0.4 is 10.2 Å². The summed E-state index contributed by atoms with van der Waals surface area (Å²) in [6, 6.07) is 12.4. The highest BCUT2D eigenvalue weighted by atomic mass is 79.9. The van der Waals surface area contributed by atoms with E-state index in [1.165, 1.54) is 11.1 Å². The smallest absolute Gasteiger partial charge is 0.0659 e. The van der Waals surface area contributed by atoms with Crippen LogP contribution in [0.3, 0.4) is 0 Å². The minimum absolute atomic E-state index is 0.756. The largest absolute Gasteiger partial charge is 0.381 e. The quantitative estimate of drug-likeness (QED) is 0.823. The summed E-state index contributed by atoms with van der Waals surface area (Å²) in [4.78, 5) is 2.00. The first kappa shape index (κ1) is 15.2. The van der Waals surface area contributed by atoms with Crippen molar-refractivity contribution in [3.05, 3.63) is 57.0 Å². The van der Waals surface area contributed by atoms with Crippen molar-refractivity contribution in [2.24, 2.45) is 0 Å². The van der Waals surface area contributed by atoms with E-state index in [4.69, 9.17) is 11.6 Å². The van der Waals surface area contributed by atoms with Crippen molar-refractivity contribution < 1.29 is 0 Å². The number of benzene rings is 2. The highest BCUT2D eigenvalue weighted by molar-refractivity contribution is 9.10. The molecule has 2 nitrogen and oxygen atoms in total. The fourth-order valence-electron chi connectivity index (χ4n) is 2.00. The Labute approximate surface area is 133 Å². The van der Waals surface area contributed by atoms with Gasteiger partial charge in [0.25, 0.3) is 0 Å². The zero-order valence-corrected chi connectivity index (χ0v) is 14.2. The molecule has 0 fully saturated rings. The van der Waals surface area contributed by atoms with Gasteiger partial charge in [0.1, 0.15) is 0 Å². The maximum atomic E-state index is 6.26. The second kappa shape index (κ2) is 6.51. The summed E-state index contributed by atoms with van der Waals surface area (Å²) in [7, 11) is 3.97. The predicted octanol–water partition coefficient (Wildman–Crippen LogP) is 5.09. The Kier molecular flexibility index (Phi) is 4.95. The Bertz CT molecular complexity index is 611. The Morgan fingerprint density at radius 2 is 1.90 bits per heavy atom. The van der Waals surface area contributed by atoms with Crippen LogP contribution in [-0.4, -0.2) is 14.1 Å². The monoisotopic (exact) mass is 352 g/mol. The lowest BCUT2D eigenvalue weighted by Crippen LogP contribution is -2.09. The second-order valence-corrected chi connectivity index (χ2v) is 6.26. The zero-order valence-electron chi connectivity index (χ0n) is 11.9. The SMILES string of the molecule is Cc1cc(CNc2ccc(N(C)C)c(Cl)c2)ccc1Br. The van der Waals surface area contributed by atoms with Gasteiger partial charge in [0.15, 0.2) is 0 Å². The molecule has 0 aliphatic heterocycles. The van der Waals surface area contributed by atoms with Gasteiger partial charge < -0.3 is 10.2 Å². The maximum Gasteiger partial charge on any atom is 0.0659 e. The third-order valence-corrected chi connectivity index (χ3v) is 4.34. The number of rotatable bonds is 4. The molecule has 0 aliphatic carbocycles. The molecule has 0 saturated heterocycles. The van der Waals surface area contributed by atoms with Crippen LogP contribution in [0.5, 0.6) is 0 Å². The van der Waals surface area contributed by atoms with Crippen LogP contribution in [0.1, 0.15) is 11.1 Å². The van der Waals surface area contributed by atoms with Gasteiger partial charge in [-0.1, -0.05) is 39.7 Å². The number of anilines is 2. The molecule has 0 bridgehead atoms. The van der Waals surface area contributed by atoms with E-state index >= 15 is 0 Å². The highest BCUT2D eigenvalue weighted by Gasteiger charge is 2.04. The lowest BCUT2D eigenvalue weighted by molar-refractivity contribution is 1.12. The van der Waals surface area contributed by atoms with E-state index in [0.29, 0.717) is 0 Å². The minimum atomic E-state index is 0.756. The molecule has 106 valence electrons. The molecule has 1 N–H and O–H groups in total. The molecule has 0 radical (unpaired) electrons. The summed E-state index contributed by atoms with van der Waals surface area (Å²) >= 11 is 9.78. The molecule has 0 atom stereocenters. The van der Waals surface area contributed by atoms with Gasteiger partial charge in [0.05, 0.1) is 10.7 Å². The van der Waals surface area contributed by atoms with Crippen LogP contribution in [0.15, 0.2) is 40.9 Å². The highest BCUT2D eigenvalue weighted by Crippen LogP contribution is 2.27. The number of hydrogen-bond acceptors (Lipinski definition) is 2. The van der Waals surface area contributed by atoms with Gasteiger partial charge in [-0.25, -0.2) is 0 Å². The number of hydrogen-bond donors (Lipinski definition) is 1. The Morgan fingerprint density at radius 3 is 2.50 bits per heavy atom. The molecule has 20 heavy (non-hydrogen) atoms. The lowest BCUT2D eigenvalue weighted by atomic mass is 10.1. The Morgan fingerprint density at radius 1 is 1.15 bits per heavy atom. The normalized spacial score (nSPS) is 10.4. The van der Waals surface area contributed by atoms with Crippen LogP contribution in [-0.2, 0) is 6.54 Å². The van der Waals surface area contributed by atoms with E-state index in [2.05, 4.69) is 46.4 Å². The molecule has 2 aromatic rings. The fraction of sp³-hybridized carbons (Fsp3) is 0.250. The summed E-state index contributed by atoms with van der Waals surface area (Å²) in [5.41, 5.74) is 4.54. The molecule has 0 aromatic heterocycles. The molecule has 2 rings (SSSR count). The Hall–Kier alpha value is -1.19. The summed E-state index contributed by atoms with van der Waals surface area (Å²) < 4.78 is 1.14. The minimum Gasteiger partial charge on any atom is -0.381 e. The van der Waals surface area contributed by atoms with Gasteiger partial charge in [0, 0.05) is 30.8 Å². The van der Waals surface area contributed by atoms with E-state index in [1.807, 2.05) is 37.2 Å². The first-order valence-corrected chi connectivity index (χ1v) is 7.60. The summed E-state index contributed by atoms with van der Waals surface area (Å²) in [6.07, 6.45) is 0. The van der Waals surface area contributed by atoms with Gasteiger partial charge in [-0.15, -0.1) is 0 Å². The standard InChI is InChI=1S/C16H18BrClN2/c1-11-8-12(4-6-14(11)17)10-19-13-5-7-16(20(2)3)15(18)9-13/h4-9,19H,10H2,1-3H3. The molecule has 0 heterocycles. The maximum absolute atomic E-state index is 6.26. The van der Waals surface area contributed by atoms with Crippen molar-refractivity contribution in [3.8, 4) is 0 Å².